The van der Waals surface area contributed by atoms with Gasteiger partial charge >= 0.3 is 0 Å². The number of nitrogens with zero attached hydrogens (tertiary/aromatic N) is 2. The van der Waals surface area contributed by atoms with Crippen LogP contribution in [0.3, 0.4) is 0 Å². The zero-order chi connectivity index (χ0) is 20.2. The summed E-state index contributed by atoms with van der Waals surface area (Å²) in [5.74, 6) is -0.200. The molecular weight excluding hydrogens is 366 g/mol. The molecule has 1 atom stereocenters. The van der Waals surface area contributed by atoms with Gasteiger partial charge in [0.2, 0.25) is 11.8 Å². The third-order valence-corrected chi connectivity index (χ3v) is 5.38. The molecule has 0 aliphatic carbocycles. The summed E-state index contributed by atoms with van der Waals surface area (Å²) >= 11 is 0. The summed E-state index contributed by atoms with van der Waals surface area (Å²) in [6.45, 7) is 4.48. The van der Waals surface area contributed by atoms with E-state index in [0.717, 1.165) is 35.6 Å². The summed E-state index contributed by atoms with van der Waals surface area (Å²) in [6, 6.07) is 15.4. The molecule has 1 saturated heterocycles. The number of fused-ring (bicyclic) bond motifs is 1. The quantitative estimate of drug-likeness (QED) is 0.868. The summed E-state index contributed by atoms with van der Waals surface area (Å²) in [6.07, 6.45) is 3.88. The second kappa shape index (κ2) is 8.49. The van der Waals surface area contributed by atoms with Crippen LogP contribution in [0.5, 0.6) is 0 Å². The van der Waals surface area contributed by atoms with Crippen LogP contribution in [-0.4, -0.2) is 43.0 Å². The van der Waals surface area contributed by atoms with E-state index in [-0.39, 0.29) is 24.3 Å². The molecule has 2 aromatic carbocycles. The number of carbonyl (C=O) groups excluding carboxylic acids is 2. The van der Waals surface area contributed by atoms with Crippen molar-refractivity contribution in [1.29, 1.82) is 0 Å². The van der Waals surface area contributed by atoms with Crippen LogP contribution >= 0.6 is 0 Å². The number of amides is 2. The predicted octanol–water partition coefficient (Wildman–Crippen LogP) is 3.43. The van der Waals surface area contributed by atoms with Gasteiger partial charge in [-0.1, -0.05) is 36.4 Å². The summed E-state index contributed by atoms with van der Waals surface area (Å²) in [5.41, 5.74) is 3.81. The molecule has 2 aliphatic heterocycles. The standard InChI is InChI=1S/C23H25N3O3/c1-17(27)26-11-10-18-6-2-3-7-19(18)22(26)16-23(28)24-20-8-4-5-9-21(20)25-12-14-29-15-13-25/h2-11,22H,12-16H2,1H3,(H,24,28)/t22-/m1/s1. The molecule has 6 nitrogen and oxygen atoms in total. The van der Waals surface area contributed by atoms with Crippen LogP contribution in [0.25, 0.3) is 6.08 Å². The molecule has 0 unspecified atom stereocenters. The van der Waals surface area contributed by atoms with Gasteiger partial charge in [-0.05, 0) is 29.3 Å². The summed E-state index contributed by atoms with van der Waals surface area (Å²) in [4.78, 5) is 29.0. The number of morpholine rings is 1. The van der Waals surface area contributed by atoms with E-state index in [9.17, 15) is 9.59 Å². The number of ether oxygens (including phenoxy) is 1. The van der Waals surface area contributed by atoms with Gasteiger partial charge in [-0.3, -0.25) is 9.59 Å². The molecule has 2 aromatic rings. The Morgan fingerprint density at radius 1 is 1.07 bits per heavy atom. The fourth-order valence-electron chi connectivity index (χ4n) is 3.95. The highest BCUT2D eigenvalue weighted by atomic mass is 16.5. The van der Waals surface area contributed by atoms with Crippen LogP contribution in [-0.2, 0) is 14.3 Å². The van der Waals surface area contributed by atoms with Gasteiger partial charge in [-0.2, -0.15) is 0 Å². The van der Waals surface area contributed by atoms with Crippen LogP contribution in [0.4, 0.5) is 11.4 Å². The van der Waals surface area contributed by atoms with Crippen molar-refractivity contribution in [1.82, 2.24) is 4.90 Å². The molecule has 4 rings (SSSR count). The Morgan fingerprint density at radius 3 is 2.59 bits per heavy atom. The molecule has 2 heterocycles. The number of para-hydroxylation sites is 2. The lowest BCUT2D eigenvalue weighted by atomic mass is 9.93. The number of hydrogen-bond acceptors (Lipinski definition) is 4. The molecule has 150 valence electrons. The van der Waals surface area contributed by atoms with Crippen molar-refractivity contribution in [3.8, 4) is 0 Å². The normalized spacial score (nSPS) is 18.3. The Balaban J connectivity index is 1.54. The van der Waals surface area contributed by atoms with E-state index < -0.39 is 0 Å². The summed E-state index contributed by atoms with van der Waals surface area (Å²) < 4.78 is 5.44. The zero-order valence-corrected chi connectivity index (χ0v) is 16.5. The number of anilines is 2. The monoisotopic (exact) mass is 391 g/mol. The van der Waals surface area contributed by atoms with E-state index in [1.807, 2.05) is 54.6 Å². The van der Waals surface area contributed by atoms with Crippen LogP contribution in [0.15, 0.2) is 54.7 Å². The first-order valence-corrected chi connectivity index (χ1v) is 9.91. The average Bonchev–Trinajstić information content (AvgIpc) is 2.75. The SMILES string of the molecule is CC(=O)N1C=Cc2ccccc2[C@H]1CC(=O)Nc1ccccc1N1CCOCC1. The Labute approximate surface area is 170 Å². The molecule has 0 saturated carbocycles. The topological polar surface area (TPSA) is 61.9 Å². The van der Waals surface area contributed by atoms with Crippen molar-refractivity contribution >= 4 is 29.3 Å². The minimum Gasteiger partial charge on any atom is -0.378 e. The van der Waals surface area contributed by atoms with Crippen LogP contribution in [0.2, 0.25) is 0 Å². The maximum atomic E-state index is 13.0. The maximum absolute atomic E-state index is 13.0. The second-order valence-electron chi connectivity index (χ2n) is 7.26. The Kier molecular flexibility index (Phi) is 5.62. The number of hydrogen-bond donors (Lipinski definition) is 1. The van der Waals surface area contributed by atoms with Gasteiger partial charge in [0.25, 0.3) is 0 Å². The predicted molar refractivity (Wildman–Crippen MR) is 113 cm³/mol. The van der Waals surface area contributed by atoms with E-state index in [4.69, 9.17) is 4.74 Å². The second-order valence-corrected chi connectivity index (χ2v) is 7.26. The van der Waals surface area contributed by atoms with Crippen LogP contribution < -0.4 is 10.2 Å². The number of carbonyl (C=O) groups is 2. The van der Waals surface area contributed by atoms with Gasteiger partial charge < -0.3 is 19.9 Å². The first-order chi connectivity index (χ1) is 14.1. The van der Waals surface area contributed by atoms with E-state index >= 15 is 0 Å². The molecule has 6 heteroatoms. The molecule has 0 radical (unpaired) electrons. The third kappa shape index (κ3) is 4.17. The van der Waals surface area contributed by atoms with Gasteiger partial charge in [0, 0.05) is 26.2 Å². The molecule has 2 amide bonds. The minimum absolute atomic E-state index is 0.0812. The minimum atomic E-state index is -0.316. The van der Waals surface area contributed by atoms with Crippen LogP contribution in [0.1, 0.15) is 30.5 Å². The van der Waals surface area contributed by atoms with Gasteiger partial charge in [0.1, 0.15) is 0 Å². The largest absolute Gasteiger partial charge is 0.378 e. The van der Waals surface area contributed by atoms with Crippen molar-refractivity contribution in [3.63, 3.8) is 0 Å². The Bertz CT molecular complexity index is 934. The lowest BCUT2D eigenvalue weighted by Crippen LogP contribution is -2.37. The smallest absolute Gasteiger partial charge is 0.226 e. The van der Waals surface area contributed by atoms with E-state index in [1.54, 1.807) is 11.1 Å². The molecule has 0 aromatic heterocycles. The average molecular weight is 391 g/mol. The van der Waals surface area contributed by atoms with E-state index in [0.29, 0.717) is 13.2 Å². The first-order valence-electron chi connectivity index (χ1n) is 9.91. The summed E-state index contributed by atoms with van der Waals surface area (Å²) in [5, 5.41) is 3.06. The highest BCUT2D eigenvalue weighted by Gasteiger charge is 2.28. The highest BCUT2D eigenvalue weighted by Crippen LogP contribution is 2.34. The fourth-order valence-corrected chi connectivity index (χ4v) is 3.95. The summed E-state index contributed by atoms with van der Waals surface area (Å²) in [7, 11) is 0. The van der Waals surface area contributed by atoms with E-state index in [2.05, 4.69) is 10.2 Å². The van der Waals surface area contributed by atoms with Gasteiger partial charge in [-0.25, -0.2) is 0 Å². The lowest BCUT2D eigenvalue weighted by Gasteiger charge is -2.33. The molecular formula is C23H25N3O3. The Morgan fingerprint density at radius 2 is 1.79 bits per heavy atom. The fraction of sp³-hybridized carbons (Fsp3) is 0.304. The number of rotatable bonds is 4. The molecule has 0 spiro atoms. The van der Waals surface area contributed by atoms with Crippen molar-refractivity contribution < 1.29 is 14.3 Å². The third-order valence-electron chi connectivity index (χ3n) is 5.38. The molecule has 29 heavy (non-hydrogen) atoms. The van der Waals surface area contributed by atoms with Gasteiger partial charge in [0.15, 0.2) is 0 Å². The van der Waals surface area contributed by atoms with Gasteiger partial charge in [-0.15, -0.1) is 0 Å². The van der Waals surface area contributed by atoms with E-state index in [1.165, 1.54) is 6.92 Å². The van der Waals surface area contributed by atoms with Crippen LogP contribution in [0, 0.1) is 0 Å². The Hall–Kier alpha value is -3.12. The molecule has 0 bridgehead atoms. The molecule has 1 N–H and O–H groups in total. The molecule has 1 fully saturated rings. The van der Waals surface area contributed by atoms with Crippen molar-refractivity contribution in [2.75, 3.05) is 36.5 Å². The first kappa shape index (κ1) is 19.2. The zero-order valence-electron chi connectivity index (χ0n) is 16.5. The molecule has 2 aliphatic rings. The number of nitrogens with one attached hydrogen (secondary N) is 1. The van der Waals surface area contributed by atoms with Crippen molar-refractivity contribution in [3.05, 3.63) is 65.9 Å². The highest BCUT2D eigenvalue weighted by molar-refractivity contribution is 5.95. The van der Waals surface area contributed by atoms with Crippen molar-refractivity contribution in [2.45, 2.75) is 19.4 Å². The number of benzene rings is 2. The lowest BCUT2D eigenvalue weighted by molar-refractivity contribution is -0.129. The van der Waals surface area contributed by atoms with Crippen molar-refractivity contribution in [2.24, 2.45) is 0 Å². The maximum Gasteiger partial charge on any atom is 0.226 e. The van der Waals surface area contributed by atoms with Gasteiger partial charge in [0.05, 0.1) is 37.1 Å².